The fourth-order valence-electron chi connectivity index (χ4n) is 4.95. The van der Waals surface area contributed by atoms with Crippen molar-refractivity contribution in [1.29, 1.82) is 0 Å². The van der Waals surface area contributed by atoms with Crippen LogP contribution >= 0.6 is 0 Å². The summed E-state index contributed by atoms with van der Waals surface area (Å²) in [5, 5.41) is 0. The molecule has 0 aliphatic carbocycles. The molecule has 2 saturated heterocycles. The standard InChI is InChI=1S/C26H37N5O5S/c1-35-25-17-24(23(16-22(25)27)28-37(2,33)34)30-14-12-29(13-15-30)18-20-8-10-31(11-9-20)26(32)36-19-21-6-4-3-5-7-21/h3-7,16-17,20,28H,8-15,18-19,27H2,1-2H3. The summed E-state index contributed by atoms with van der Waals surface area (Å²) >= 11 is 0. The van der Waals surface area contributed by atoms with Crippen LogP contribution in [-0.4, -0.2) is 83.5 Å². The maximum absolute atomic E-state index is 12.4. The number of nitrogen functional groups attached to an aromatic ring is 1. The number of methoxy groups -OCH3 is 1. The number of likely N-dealkylation sites (tertiary alicyclic amines) is 1. The van der Waals surface area contributed by atoms with E-state index in [1.54, 1.807) is 19.2 Å². The van der Waals surface area contributed by atoms with Crippen molar-refractivity contribution in [2.24, 2.45) is 5.92 Å². The van der Waals surface area contributed by atoms with Crippen molar-refractivity contribution >= 4 is 33.2 Å². The van der Waals surface area contributed by atoms with Crippen molar-refractivity contribution in [3.63, 3.8) is 0 Å². The Kier molecular flexibility index (Phi) is 8.65. The molecule has 0 saturated carbocycles. The lowest BCUT2D eigenvalue weighted by atomic mass is 9.96. The zero-order chi connectivity index (χ0) is 26.4. The van der Waals surface area contributed by atoms with Gasteiger partial charge in [0.05, 0.1) is 30.4 Å². The second-order valence-electron chi connectivity index (χ2n) is 9.74. The Hall–Kier alpha value is -3.18. The Labute approximate surface area is 219 Å². The van der Waals surface area contributed by atoms with Crippen LogP contribution in [0.4, 0.5) is 21.9 Å². The molecule has 11 heteroatoms. The van der Waals surface area contributed by atoms with Crippen LogP contribution < -0.4 is 20.1 Å². The molecule has 202 valence electrons. The third-order valence-corrected chi connectivity index (χ3v) is 7.54. The second-order valence-corrected chi connectivity index (χ2v) is 11.5. The highest BCUT2D eigenvalue weighted by molar-refractivity contribution is 7.92. The molecule has 2 aliphatic rings. The van der Waals surface area contributed by atoms with Crippen molar-refractivity contribution < 1.29 is 22.7 Å². The monoisotopic (exact) mass is 531 g/mol. The first kappa shape index (κ1) is 26.9. The molecule has 2 fully saturated rings. The molecule has 1 amide bonds. The first-order chi connectivity index (χ1) is 17.7. The van der Waals surface area contributed by atoms with E-state index in [1.165, 1.54) is 0 Å². The number of nitrogens with zero attached hydrogens (tertiary/aromatic N) is 3. The molecule has 4 rings (SSSR count). The SMILES string of the molecule is COc1cc(N2CCN(CC3CCN(C(=O)OCc4ccccc4)CC3)CC2)c(NS(C)(=O)=O)cc1N. The van der Waals surface area contributed by atoms with E-state index < -0.39 is 10.0 Å². The van der Waals surface area contributed by atoms with Crippen molar-refractivity contribution in [1.82, 2.24) is 9.80 Å². The lowest BCUT2D eigenvalue weighted by Gasteiger charge is -2.40. The summed E-state index contributed by atoms with van der Waals surface area (Å²) in [6.45, 7) is 5.96. The Morgan fingerprint density at radius 1 is 1.05 bits per heavy atom. The zero-order valence-electron chi connectivity index (χ0n) is 21.6. The Bertz CT molecular complexity index is 1160. The number of amides is 1. The van der Waals surface area contributed by atoms with E-state index in [0.717, 1.165) is 63.1 Å². The summed E-state index contributed by atoms with van der Waals surface area (Å²) < 4.78 is 37.2. The van der Waals surface area contributed by atoms with Gasteiger partial charge in [0.2, 0.25) is 10.0 Å². The van der Waals surface area contributed by atoms with Gasteiger partial charge in [-0.05, 0) is 30.4 Å². The van der Waals surface area contributed by atoms with E-state index in [4.69, 9.17) is 15.2 Å². The van der Waals surface area contributed by atoms with Gasteiger partial charge in [-0.2, -0.15) is 0 Å². The average molecular weight is 532 g/mol. The number of carbonyl (C=O) groups excluding carboxylic acids is 1. The maximum Gasteiger partial charge on any atom is 0.410 e. The number of carbonyl (C=O) groups is 1. The molecule has 10 nitrogen and oxygen atoms in total. The van der Waals surface area contributed by atoms with Gasteiger partial charge in [0.25, 0.3) is 0 Å². The predicted octanol–water partition coefficient (Wildman–Crippen LogP) is 2.82. The van der Waals surface area contributed by atoms with Crippen LogP contribution in [0.15, 0.2) is 42.5 Å². The van der Waals surface area contributed by atoms with Gasteiger partial charge in [-0.1, -0.05) is 30.3 Å². The van der Waals surface area contributed by atoms with Crippen molar-refractivity contribution in [3.05, 3.63) is 48.0 Å². The van der Waals surface area contributed by atoms with Crippen LogP contribution in [-0.2, 0) is 21.4 Å². The number of nitrogens with two attached hydrogens (primary N) is 1. The Morgan fingerprint density at radius 3 is 2.35 bits per heavy atom. The largest absolute Gasteiger partial charge is 0.495 e. The molecular weight excluding hydrogens is 494 g/mol. The number of anilines is 3. The van der Waals surface area contributed by atoms with Crippen LogP contribution in [0.2, 0.25) is 0 Å². The first-order valence-electron chi connectivity index (χ1n) is 12.6. The number of sulfonamides is 1. The molecule has 3 N–H and O–H groups in total. The number of nitrogens with one attached hydrogen (secondary N) is 1. The molecule has 0 atom stereocenters. The number of piperidine rings is 1. The summed E-state index contributed by atoms with van der Waals surface area (Å²) in [5.74, 6) is 1.05. The molecule has 0 aromatic heterocycles. The summed E-state index contributed by atoms with van der Waals surface area (Å²) in [6, 6.07) is 13.1. The molecule has 37 heavy (non-hydrogen) atoms. The molecule has 0 spiro atoms. The third kappa shape index (κ3) is 7.42. The van der Waals surface area contributed by atoms with Gasteiger partial charge in [-0.3, -0.25) is 9.62 Å². The second kappa shape index (κ2) is 11.9. The van der Waals surface area contributed by atoms with E-state index in [1.807, 2.05) is 35.2 Å². The minimum absolute atomic E-state index is 0.242. The van der Waals surface area contributed by atoms with Crippen LogP contribution in [0.3, 0.4) is 0 Å². The van der Waals surface area contributed by atoms with Gasteiger partial charge >= 0.3 is 6.09 Å². The van der Waals surface area contributed by atoms with Gasteiger partial charge < -0.3 is 25.0 Å². The summed E-state index contributed by atoms with van der Waals surface area (Å²) in [4.78, 5) is 18.9. The van der Waals surface area contributed by atoms with Gasteiger partial charge in [0.1, 0.15) is 12.4 Å². The lowest BCUT2D eigenvalue weighted by molar-refractivity contribution is 0.0768. The first-order valence-corrected chi connectivity index (χ1v) is 14.5. The van der Waals surface area contributed by atoms with E-state index in [0.29, 0.717) is 42.7 Å². The summed E-state index contributed by atoms with van der Waals surface area (Å²) in [7, 11) is -1.91. The van der Waals surface area contributed by atoms with Gasteiger partial charge in [0, 0.05) is 51.9 Å². The minimum atomic E-state index is -3.45. The molecule has 0 bridgehead atoms. The Balaban J connectivity index is 1.25. The number of rotatable bonds is 8. The number of hydrogen-bond acceptors (Lipinski definition) is 8. The fourth-order valence-corrected chi connectivity index (χ4v) is 5.51. The number of hydrogen-bond donors (Lipinski definition) is 2. The normalized spacial score (nSPS) is 17.5. The topological polar surface area (TPSA) is 117 Å². The maximum atomic E-state index is 12.4. The van der Waals surface area contributed by atoms with E-state index in [-0.39, 0.29) is 6.09 Å². The molecule has 2 aromatic rings. The summed E-state index contributed by atoms with van der Waals surface area (Å²) in [6.07, 6.45) is 2.80. The highest BCUT2D eigenvalue weighted by atomic mass is 32.2. The molecular formula is C26H37N5O5S. The highest BCUT2D eigenvalue weighted by Crippen LogP contribution is 2.36. The molecule has 2 heterocycles. The average Bonchev–Trinajstić information content (AvgIpc) is 2.88. The highest BCUT2D eigenvalue weighted by Gasteiger charge is 2.27. The molecule has 0 unspecified atom stereocenters. The van der Waals surface area contributed by atoms with Gasteiger partial charge in [-0.15, -0.1) is 0 Å². The Morgan fingerprint density at radius 2 is 1.73 bits per heavy atom. The van der Waals surface area contributed by atoms with Gasteiger partial charge in [0.15, 0.2) is 0 Å². The van der Waals surface area contributed by atoms with E-state index >= 15 is 0 Å². The lowest BCUT2D eigenvalue weighted by Crippen LogP contribution is -2.49. The van der Waals surface area contributed by atoms with Crippen LogP contribution in [0.5, 0.6) is 5.75 Å². The summed E-state index contributed by atoms with van der Waals surface area (Å²) in [5.41, 5.74) is 8.62. The minimum Gasteiger partial charge on any atom is -0.495 e. The third-order valence-electron chi connectivity index (χ3n) is 6.95. The number of piperazine rings is 1. The van der Waals surface area contributed by atoms with Crippen LogP contribution in [0.25, 0.3) is 0 Å². The zero-order valence-corrected chi connectivity index (χ0v) is 22.4. The number of benzene rings is 2. The molecule has 2 aromatic carbocycles. The van der Waals surface area contributed by atoms with E-state index in [2.05, 4.69) is 14.5 Å². The van der Waals surface area contributed by atoms with Crippen LogP contribution in [0.1, 0.15) is 18.4 Å². The smallest absolute Gasteiger partial charge is 0.410 e. The van der Waals surface area contributed by atoms with Crippen molar-refractivity contribution in [2.45, 2.75) is 19.4 Å². The van der Waals surface area contributed by atoms with Crippen molar-refractivity contribution in [3.8, 4) is 5.75 Å². The van der Waals surface area contributed by atoms with E-state index in [9.17, 15) is 13.2 Å². The number of ether oxygens (including phenoxy) is 2. The van der Waals surface area contributed by atoms with Crippen molar-refractivity contribution in [2.75, 3.05) is 74.5 Å². The van der Waals surface area contributed by atoms with Crippen LogP contribution in [0, 0.1) is 5.92 Å². The van der Waals surface area contributed by atoms with Gasteiger partial charge in [-0.25, -0.2) is 13.2 Å². The predicted molar refractivity (Wildman–Crippen MR) is 145 cm³/mol. The quantitative estimate of drug-likeness (QED) is 0.500. The fraction of sp³-hybridized carbons (Fsp3) is 0.500. The molecule has 2 aliphatic heterocycles. The molecule has 0 radical (unpaired) electrons.